The van der Waals surface area contributed by atoms with Gasteiger partial charge in [-0.1, -0.05) is 6.07 Å². The number of nitrogens with two attached hydrogens (primary N) is 1. The van der Waals surface area contributed by atoms with Crippen LogP contribution in [0.25, 0.3) is 10.9 Å². The Morgan fingerprint density at radius 3 is 3.00 bits per heavy atom. The molecule has 1 atom stereocenters. The Balaban J connectivity index is 2.30. The number of carbonyl (C=O) groups excluding carboxylic acids is 1. The number of benzene rings is 1. The molecule has 0 spiro atoms. The lowest BCUT2D eigenvalue weighted by Crippen LogP contribution is -2.37. The Labute approximate surface area is 98.6 Å². The molecule has 90 valence electrons. The number of phenols is 1. The first-order chi connectivity index (χ1) is 8.11. The minimum absolute atomic E-state index is 0.0810. The van der Waals surface area contributed by atoms with Crippen LogP contribution in [-0.2, 0) is 0 Å². The number of aromatic nitrogens is 1. The molecule has 0 fully saturated rings. The average molecular weight is 233 g/mol. The summed E-state index contributed by atoms with van der Waals surface area (Å²) in [5.74, 6) is -0.0665. The summed E-state index contributed by atoms with van der Waals surface area (Å²) in [6.45, 7) is 2.22. The van der Waals surface area contributed by atoms with Crippen molar-refractivity contribution in [3.05, 3.63) is 30.0 Å². The van der Waals surface area contributed by atoms with Crippen LogP contribution in [0.1, 0.15) is 17.4 Å². The molecule has 5 heteroatoms. The fraction of sp³-hybridized carbons (Fsp3) is 0.250. The highest BCUT2D eigenvalue weighted by Crippen LogP contribution is 2.24. The molecule has 1 amide bonds. The molecule has 1 aromatic carbocycles. The van der Waals surface area contributed by atoms with Crippen molar-refractivity contribution in [2.75, 3.05) is 6.54 Å². The minimum Gasteiger partial charge on any atom is -0.507 e. The fourth-order valence-corrected chi connectivity index (χ4v) is 1.62. The van der Waals surface area contributed by atoms with Crippen LogP contribution in [0.5, 0.6) is 5.75 Å². The van der Waals surface area contributed by atoms with Crippen molar-refractivity contribution in [2.45, 2.75) is 13.0 Å². The van der Waals surface area contributed by atoms with E-state index >= 15 is 0 Å². The van der Waals surface area contributed by atoms with Gasteiger partial charge < -0.3 is 21.1 Å². The van der Waals surface area contributed by atoms with Gasteiger partial charge in [-0.15, -0.1) is 0 Å². The molecule has 1 aromatic heterocycles. The number of aromatic amines is 1. The second kappa shape index (κ2) is 4.47. The summed E-state index contributed by atoms with van der Waals surface area (Å²) in [6, 6.07) is 6.66. The second-order valence-corrected chi connectivity index (χ2v) is 4.03. The van der Waals surface area contributed by atoms with Crippen LogP contribution in [0.4, 0.5) is 0 Å². The topological polar surface area (TPSA) is 91.1 Å². The molecule has 17 heavy (non-hydrogen) atoms. The molecular weight excluding hydrogens is 218 g/mol. The molecule has 0 aliphatic rings. The van der Waals surface area contributed by atoms with E-state index in [9.17, 15) is 9.90 Å². The van der Waals surface area contributed by atoms with Crippen LogP contribution in [0.2, 0.25) is 0 Å². The highest BCUT2D eigenvalue weighted by Gasteiger charge is 2.12. The van der Waals surface area contributed by atoms with Crippen LogP contribution >= 0.6 is 0 Å². The summed E-state index contributed by atoms with van der Waals surface area (Å²) >= 11 is 0. The third-order valence-electron chi connectivity index (χ3n) is 2.62. The Morgan fingerprint density at radius 1 is 1.59 bits per heavy atom. The van der Waals surface area contributed by atoms with E-state index < -0.39 is 0 Å². The number of nitrogens with one attached hydrogen (secondary N) is 2. The fourth-order valence-electron chi connectivity index (χ4n) is 1.62. The molecule has 0 aliphatic heterocycles. The normalized spacial score (nSPS) is 12.6. The molecule has 0 saturated heterocycles. The first kappa shape index (κ1) is 11.5. The first-order valence-corrected chi connectivity index (χ1v) is 5.43. The van der Waals surface area contributed by atoms with E-state index in [0.717, 1.165) is 5.52 Å². The summed E-state index contributed by atoms with van der Waals surface area (Å²) < 4.78 is 0. The van der Waals surface area contributed by atoms with Crippen LogP contribution < -0.4 is 11.1 Å². The Morgan fingerprint density at radius 2 is 2.35 bits per heavy atom. The number of rotatable bonds is 3. The highest BCUT2D eigenvalue weighted by atomic mass is 16.3. The number of amides is 1. The molecule has 1 unspecified atom stereocenters. The van der Waals surface area contributed by atoms with Crippen molar-refractivity contribution in [1.82, 2.24) is 10.3 Å². The lowest BCUT2D eigenvalue weighted by Gasteiger charge is -2.09. The minimum atomic E-state index is -0.224. The van der Waals surface area contributed by atoms with Crippen molar-refractivity contribution in [2.24, 2.45) is 5.73 Å². The molecule has 0 bridgehead atoms. The molecular formula is C12H15N3O2. The Hall–Kier alpha value is -2.01. The average Bonchev–Trinajstić information content (AvgIpc) is 2.74. The molecule has 1 heterocycles. The summed E-state index contributed by atoms with van der Waals surface area (Å²) in [5, 5.41) is 13.0. The zero-order valence-electron chi connectivity index (χ0n) is 9.53. The first-order valence-electron chi connectivity index (χ1n) is 5.43. The monoisotopic (exact) mass is 233 g/mol. The molecule has 5 nitrogen and oxygen atoms in total. The summed E-state index contributed by atoms with van der Waals surface area (Å²) in [7, 11) is 0. The van der Waals surface area contributed by atoms with E-state index in [-0.39, 0.29) is 17.7 Å². The third kappa shape index (κ3) is 2.24. The largest absolute Gasteiger partial charge is 0.507 e. The highest BCUT2D eigenvalue weighted by molar-refractivity contribution is 5.99. The van der Waals surface area contributed by atoms with Gasteiger partial charge in [0.25, 0.3) is 5.91 Å². The van der Waals surface area contributed by atoms with Gasteiger partial charge in [0.05, 0.1) is 0 Å². The smallest absolute Gasteiger partial charge is 0.267 e. The van der Waals surface area contributed by atoms with Crippen molar-refractivity contribution in [3.8, 4) is 5.75 Å². The van der Waals surface area contributed by atoms with Gasteiger partial charge in [0.15, 0.2) is 0 Å². The van der Waals surface area contributed by atoms with Crippen molar-refractivity contribution in [3.63, 3.8) is 0 Å². The number of hydrogen-bond donors (Lipinski definition) is 4. The number of fused-ring (bicyclic) bond motifs is 1. The Bertz CT molecular complexity index is 548. The predicted octanol–water partition coefficient (Wildman–Crippen LogP) is 0.950. The van der Waals surface area contributed by atoms with Crippen LogP contribution in [0.15, 0.2) is 24.3 Å². The lowest BCUT2D eigenvalue weighted by molar-refractivity contribution is 0.0937. The van der Waals surface area contributed by atoms with Crippen molar-refractivity contribution < 1.29 is 9.90 Å². The molecule has 0 saturated carbocycles. The number of carbonyl (C=O) groups is 1. The predicted molar refractivity (Wildman–Crippen MR) is 65.9 cm³/mol. The van der Waals surface area contributed by atoms with Crippen LogP contribution in [0.3, 0.4) is 0 Å². The third-order valence-corrected chi connectivity index (χ3v) is 2.62. The molecule has 2 aromatic rings. The standard InChI is InChI=1S/C12H15N3O2/c1-7(6-13)14-12(17)10-5-8-9(15-10)3-2-4-11(8)16/h2-5,7,15-16H,6,13H2,1H3,(H,14,17). The van der Waals surface area contributed by atoms with Crippen molar-refractivity contribution in [1.29, 1.82) is 0 Å². The summed E-state index contributed by atoms with van der Waals surface area (Å²) in [6.07, 6.45) is 0. The van der Waals surface area contributed by atoms with Gasteiger partial charge in [-0.2, -0.15) is 0 Å². The van der Waals surface area contributed by atoms with E-state index in [1.54, 1.807) is 24.3 Å². The SMILES string of the molecule is CC(CN)NC(=O)c1cc2c(O)cccc2[nH]1. The number of phenolic OH excluding ortho intramolecular Hbond substituents is 1. The van der Waals surface area contributed by atoms with E-state index in [1.165, 1.54) is 0 Å². The maximum Gasteiger partial charge on any atom is 0.267 e. The van der Waals surface area contributed by atoms with Crippen molar-refractivity contribution >= 4 is 16.8 Å². The van der Waals surface area contributed by atoms with Gasteiger partial charge in [-0.25, -0.2) is 0 Å². The van der Waals surface area contributed by atoms with Crippen LogP contribution in [-0.4, -0.2) is 28.6 Å². The Kier molecular flexibility index (Phi) is 3.01. The van der Waals surface area contributed by atoms with Gasteiger partial charge in [-0.05, 0) is 25.1 Å². The zero-order chi connectivity index (χ0) is 12.4. The van der Waals surface area contributed by atoms with Gasteiger partial charge >= 0.3 is 0 Å². The molecule has 0 radical (unpaired) electrons. The van der Waals surface area contributed by atoms with Gasteiger partial charge in [0.2, 0.25) is 0 Å². The van der Waals surface area contributed by atoms with Gasteiger partial charge in [0.1, 0.15) is 11.4 Å². The maximum absolute atomic E-state index is 11.8. The van der Waals surface area contributed by atoms with E-state index in [4.69, 9.17) is 5.73 Å². The second-order valence-electron chi connectivity index (χ2n) is 4.03. The summed E-state index contributed by atoms with van der Waals surface area (Å²) in [5.41, 5.74) is 6.58. The number of hydrogen-bond acceptors (Lipinski definition) is 3. The number of H-pyrrole nitrogens is 1. The van der Waals surface area contributed by atoms with E-state index in [2.05, 4.69) is 10.3 Å². The molecule has 5 N–H and O–H groups in total. The molecule has 0 aliphatic carbocycles. The lowest BCUT2D eigenvalue weighted by atomic mass is 10.2. The van der Waals surface area contributed by atoms with Crippen LogP contribution in [0, 0.1) is 0 Å². The van der Waals surface area contributed by atoms with Gasteiger partial charge in [-0.3, -0.25) is 4.79 Å². The van der Waals surface area contributed by atoms with E-state index in [0.29, 0.717) is 17.6 Å². The number of aromatic hydroxyl groups is 1. The quantitative estimate of drug-likeness (QED) is 0.636. The van der Waals surface area contributed by atoms with Gasteiger partial charge in [0, 0.05) is 23.5 Å². The zero-order valence-corrected chi connectivity index (χ0v) is 9.53. The molecule has 2 rings (SSSR count). The maximum atomic E-state index is 11.8. The van der Waals surface area contributed by atoms with E-state index in [1.807, 2.05) is 6.92 Å². The summed E-state index contributed by atoms with van der Waals surface area (Å²) in [4.78, 5) is 14.8.